The van der Waals surface area contributed by atoms with E-state index in [1.54, 1.807) is 13.2 Å². The van der Waals surface area contributed by atoms with Crippen molar-refractivity contribution in [3.63, 3.8) is 0 Å². The second kappa shape index (κ2) is 8.43. The normalized spacial score (nSPS) is 21.0. The maximum Gasteiger partial charge on any atom is 0.257 e. The average Bonchev–Trinajstić information content (AvgIpc) is 3.21. The number of carbonyl (C=O) groups is 1. The highest BCUT2D eigenvalue weighted by molar-refractivity contribution is 7.89. The lowest BCUT2D eigenvalue weighted by atomic mass is 9.98. The van der Waals surface area contributed by atoms with E-state index < -0.39 is 10.0 Å². The maximum atomic E-state index is 12.9. The number of aryl methyl sites for hydroxylation is 2. The number of rotatable bonds is 4. The number of carbonyl (C=O) groups excluding carboxylic acids is 1. The van der Waals surface area contributed by atoms with Crippen molar-refractivity contribution in [1.29, 1.82) is 0 Å². The molecule has 1 amide bonds. The third-order valence-corrected chi connectivity index (χ3v) is 7.76. The second-order valence-electron chi connectivity index (χ2n) is 8.13. The van der Waals surface area contributed by atoms with Crippen LogP contribution in [0.3, 0.4) is 0 Å². The van der Waals surface area contributed by atoms with Crippen molar-refractivity contribution in [3.05, 3.63) is 35.7 Å². The molecular formula is C20H28N6O3S. The summed E-state index contributed by atoms with van der Waals surface area (Å²) in [5.41, 5.74) is 1.19. The van der Waals surface area contributed by atoms with Gasteiger partial charge in [-0.25, -0.2) is 18.4 Å². The van der Waals surface area contributed by atoms with Gasteiger partial charge in [-0.2, -0.15) is 9.40 Å². The molecule has 10 heteroatoms. The summed E-state index contributed by atoms with van der Waals surface area (Å²) in [6.07, 6.45) is 9.29. The van der Waals surface area contributed by atoms with E-state index in [4.69, 9.17) is 0 Å². The summed E-state index contributed by atoms with van der Waals surface area (Å²) in [5.74, 6) is 0.500. The highest BCUT2D eigenvalue weighted by atomic mass is 32.2. The number of hydrogen-bond donors (Lipinski definition) is 0. The molecule has 0 aromatic carbocycles. The molecule has 2 aromatic rings. The SMILES string of the molecule is Cc1nc([C@@H]2CCCN(S(=O)(=O)c3cnn(C)c3)C2)ncc1C(=O)N1CCCCC1. The molecule has 1 atom stereocenters. The van der Waals surface area contributed by atoms with E-state index in [0.29, 0.717) is 30.2 Å². The van der Waals surface area contributed by atoms with E-state index in [2.05, 4.69) is 15.1 Å². The van der Waals surface area contributed by atoms with Crippen LogP contribution in [0.25, 0.3) is 0 Å². The zero-order valence-corrected chi connectivity index (χ0v) is 18.3. The molecule has 9 nitrogen and oxygen atoms in total. The molecule has 162 valence electrons. The highest BCUT2D eigenvalue weighted by Gasteiger charge is 2.33. The van der Waals surface area contributed by atoms with Crippen LogP contribution in [-0.2, 0) is 17.1 Å². The van der Waals surface area contributed by atoms with Gasteiger partial charge in [0.25, 0.3) is 5.91 Å². The van der Waals surface area contributed by atoms with Gasteiger partial charge in [0.2, 0.25) is 10.0 Å². The molecule has 2 fully saturated rings. The van der Waals surface area contributed by atoms with Gasteiger partial charge in [0.1, 0.15) is 10.7 Å². The van der Waals surface area contributed by atoms with Crippen molar-refractivity contribution in [2.24, 2.45) is 7.05 Å². The van der Waals surface area contributed by atoms with Gasteiger partial charge < -0.3 is 4.90 Å². The van der Waals surface area contributed by atoms with Crippen molar-refractivity contribution in [2.75, 3.05) is 26.2 Å². The number of piperidine rings is 2. The number of sulfonamides is 1. The van der Waals surface area contributed by atoms with Gasteiger partial charge in [0.05, 0.1) is 17.5 Å². The van der Waals surface area contributed by atoms with Gasteiger partial charge in [-0.3, -0.25) is 9.48 Å². The van der Waals surface area contributed by atoms with Crippen molar-refractivity contribution < 1.29 is 13.2 Å². The number of aromatic nitrogens is 4. The van der Waals surface area contributed by atoms with Crippen LogP contribution in [0.2, 0.25) is 0 Å². The fraction of sp³-hybridized carbons (Fsp3) is 0.600. The van der Waals surface area contributed by atoms with E-state index in [-0.39, 0.29) is 16.7 Å². The summed E-state index contributed by atoms with van der Waals surface area (Å²) in [6, 6.07) is 0. The third-order valence-electron chi connectivity index (χ3n) is 5.94. The van der Waals surface area contributed by atoms with Crippen LogP contribution >= 0.6 is 0 Å². The number of amides is 1. The van der Waals surface area contributed by atoms with Gasteiger partial charge in [-0.05, 0) is 39.0 Å². The number of nitrogens with zero attached hydrogens (tertiary/aromatic N) is 6. The molecule has 4 heterocycles. The van der Waals surface area contributed by atoms with Crippen LogP contribution < -0.4 is 0 Å². The van der Waals surface area contributed by atoms with E-state index in [0.717, 1.165) is 38.8 Å². The van der Waals surface area contributed by atoms with Crippen molar-refractivity contribution in [3.8, 4) is 0 Å². The van der Waals surface area contributed by atoms with Gasteiger partial charge in [0.15, 0.2) is 0 Å². The quantitative estimate of drug-likeness (QED) is 0.729. The Morgan fingerprint density at radius 3 is 2.53 bits per heavy atom. The Kier molecular flexibility index (Phi) is 5.88. The Balaban J connectivity index is 1.51. The lowest BCUT2D eigenvalue weighted by Crippen LogP contribution is -2.39. The molecule has 2 saturated heterocycles. The Bertz CT molecular complexity index is 1030. The monoisotopic (exact) mass is 432 g/mol. The van der Waals surface area contributed by atoms with Crippen LogP contribution in [0.4, 0.5) is 0 Å². The molecule has 2 aliphatic heterocycles. The van der Waals surface area contributed by atoms with Crippen LogP contribution in [0.1, 0.15) is 59.9 Å². The summed E-state index contributed by atoms with van der Waals surface area (Å²) >= 11 is 0. The Labute approximate surface area is 177 Å². The van der Waals surface area contributed by atoms with Crippen molar-refractivity contribution in [1.82, 2.24) is 29.0 Å². The molecule has 4 rings (SSSR count). The van der Waals surface area contributed by atoms with E-state index in [1.807, 2.05) is 11.8 Å². The smallest absolute Gasteiger partial charge is 0.257 e. The van der Waals surface area contributed by atoms with Crippen molar-refractivity contribution in [2.45, 2.75) is 49.8 Å². The largest absolute Gasteiger partial charge is 0.339 e. The first-order chi connectivity index (χ1) is 14.4. The Morgan fingerprint density at radius 1 is 1.10 bits per heavy atom. The first-order valence-electron chi connectivity index (χ1n) is 10.5. The first-order valence-corrected chi connectivity index (χ1v) is 11.9. The number of hydrogen-bond acceptors (Lipinski definition) is 6. The molecule has 0 radical (unpaired) electrons. The minimum atomic E-state index is -3.59. The van der Waals surface area contributed by atoms with Gasteiger partial charge in [0, 0.05) is 51.5 Å². The molecule has 0 aliphatic carbocycles. The zero-order chi connectivity index (χ0) is 21.3. The predicted molar refractivity (Wildman–Crippen MR) is 110 cm³/mol. The first kappa shape index (κ1) is 20.9. The van der Waals surface area contributed by atoms with E-state index in [1.165, 1.54) is 27.8 Å². The lowest BCUT2D eigenvalue weighted by molar-refractivity contribution is 0.0722. The minimum Gasteiger partial charge on any atom is -0.339 e. The highest BCUT2D eigenvalue weighted by Crippen LogP contribution is 2.29. The zero-order valence-electron chi connectivity index (χ0n) is 17.5. The summed E-state index contributed by atoms with van der Waals surface area (Å²) in [5, 5.41) is 3.98. The van der Waals surface area contributed by atoms with Crippen LogP contribution in [0.5, 0.6) is 0 Å². The predicted octanol–water partition coefficient (Wildman–Crippen LogP) is 1.71. The molecule has 0 spiro atoms. The maximum absolute atomic E-state index is 12.9. The molecule has 0 N–H and O–H groups in total. The van der Waals surface area contributed by atoms with Crippen LogP contribution in [0, 0.1) is 6.92 Å². The van der Waals surface area contributed by atoms with E-state index in [9.17, 15) is 13.2 Å². The molecule has 0 bridgehead atoms. The Morgan fingerprint density at radius 2 is 1.87 bits per heavy atom. The van der Waals surface area contributed by atoms with Gasteiger partial charge in [-0.1, -0.05) is 0 Å². The minimum absolute atomic E-state index is 0.0109. The third kappa shape index (κ3) is 4.11. The molecule has 2 aliphatic rings. The summed E-state index contributed by atoms with van der Waals surface area (Å²) in [6.45, 7) is 4.19. The van der Waals surface area contributed by atoms with E-state index >= 15 is 0 Å². The standard InChI is InChI=1S/C20H28N6O3S/c1-15-18(20(27)25-8-4-3-5-9-25)12-21-19(23-15)16-7-6-10-26(13-16)30(28,29)17-11-22-24(2)14-17/h11-12,14,16H,3-10,13H2,1-2H3/t16-/m1/s1. The molecule has 2 aromatic heterocycles. The molecule has 0 saturated carbocycles. The molecule has 30 heavy (non-hydrogen) atoms. The van der Waals surface area contributed by atoms with Gasteiger partial charge >= 0.3 is 0 Å². The summed E-state index contributed by atoms with van der Waals surface area (Å²) in [4.78, 5) is 24.0. The fourth-order valence-corrected chi connectivity index (χ4v) is 5.72. The summed E-state index contributed by atoms with van der Waals surface area (Å²) < 4.78 is 28.9. The van der Waals surface area contributed by atoms with Crippen LogP contribution in [-0.4, -0.2) is 69.5 Å². The van der Waals surface area contributed by atoms with Crippen LogP contribution in [0.15, 0.2) is 23.5 Å². The number of likely N-dealkylation sites (tertiary alicyclic amines) is 1. The van der Waals surface area contributed by atoms with Gasteiger partial charge in [-0.15, -0.1) is 0 Å². The molecule has 0 unspecified atom stereocenters. The Hall–Kier alpha value is -2.33. The fourth-order valence-electron chi connectivity index (χ4n) is 4.21. The topological polar surface area (TPSA) is 101 Å². The lowest BCUT2D eigenvalue weighted by Gasteiger charge is -2.31. The molecular weight excluding hydrogens is 404 g/mol. The summed E-state index contributed by atoms with van der Waals surface area (Å²) in [7, 11) is -1.90. The van der Waals surface area contributed by atoms with Crippen molar-refractivity contribution >= 4 is 15.9 Å². The second-order valence-corrected chi connectivity index (χ2v) is 10.1. The average molecular weight is 433 g/mol.